The maximum atomic E-state index is 5.86. The Hall–Kier alpha value is -0.810. The number of nitrogen functional groups attached to an aromatic ring is 1. The minimum atomic E-state index is 0. The van der Waals surface area contributed by atoms with Gasteiger partial charge in [0.05, 0.1) is 5.01 Å². The molecule has 0 amide bonds. The van der Waals surface area contributed by atoms with E-state index in [0.717, 1.165) is 24.5 Å². The average molecular weight is 360 g/mol. The summed E-state index contributed by atoms with van der Waals surface area (Å²) in [4.78, 5) is 7.19. The van der Waals surface area contributed by atoms with Gasteiger partial charge in [-0.05, 0) is 44.0 Å². The summed E-state index contributed by atoms with van der Waals surface area (Å²) in [6, 6.07) is 8.22. The van der Waals surface area contributed by atoms with Gasteiger partial charge in [-0.1, -0.05) is 12.1 Å². The van der Waals surface area contributed by atoms with Crippen LogP contribution in [0.1, 0.15) is 35.0 Å². The lowest BCUT2D eigenvalue weighted by Crippen LogP contribution is -2.33. The van der Waals surface area contributed by atoms with Gasteiger partial charge in [0.25, 0.3) is 0 Å². The molecule has 1 unspecified atom stereocenters. The molecule has 122 valence electrons. The number of anilines is 1. The van der Waals surface area contributed by atoms with Crippen LogP contribution in [0.25, 0.3) is 0 Å². The van der Waals surface area contributed by atoms with E-state index in [2.05, 4.69) is 34.3 Å². The lowest BCUT2D eigenvalue weighted by atomic mass is 9.98. The van der Waals surface area contributed by atoms with E-state index in [1.165, 1.54) is 30.0 Å². The van der Waals surface area contributed by atoms with E-state index >= 15 is 0 Å². The van der Waals surface area contributed by atoms with E-state index in [4.69, 9.17) is 5.73 Å². The number of halogens is 2. The molecule has 3 rings (SSSR count). The smallest absolute Gasteiger partial charge is 0.0971 e. The minimum absolute atomic E-state index is 0. The number of aryl methyl sites for hydroxylation is 1. The molecule has 0 saturated carbocycles. The van der Waals surface area contributed by atoms with Crippen molar-refractivity contribution >= 4 is 41.8 Å². The zero-order chi connectivity index (χ0) is 13.9. The Kier molecular flexibility index (Phi) is 7.63. The molecule has 0 radical (unpaired) electrons. The van der Waals surface area contributed by atoms with Crippen molar-refractivity contribution in [2.75, 3.05) is 18.8 Å². The van der Waals surface area contributed by atoms with E-state index in [1.807, 2.05) is 23.5 Å². The van der Waals surface area contributed by atoms with Gasteiger partial charge in [-0.2, -0.15) is 0 Å². The number of piperidine rings is 1. The summed E-state index contributed by atoms with van der Waals surface area (Å²) >= 11 is 1.81. The number of rotatable bonds is 3. The molecule has 2 heterocycles. The van der Waals surface area contributed by atoms with E-state index in [1.54, 1.807) is 0 Å². The van der Waals surface area contributed by atoms with Crippen molar-refractivity contribution in [3.05, 3.63) is 45.9 Å². The van der Waals surface area contributed by atoms with Gasteiger partial charge in [0.15, 0.2) is 0 Å². The van der Waals surface area contributed by atoms with Crippen molar-refractivity contribution in [1.29, 1.82) is 0 Å². The summed E-state index contributed by atoms with van der Waals surface area (Å²) in [6.45, 7) is 5.36. The number of aromatic nitrogens is 1. The van der Waals surface area contributed by atoms with Gasteiger partial charge in [0.2, 0.25) is 0 Å². The summed E-state index contributed by atoms with van der Waals surface area (Å²) in [6.07, 6.45) is 2.52. The Morgan fingerprint density at radius 2 is 2.18 bits per heavy atom. The Morgan fingerprint density at radius 3 is 2.86 bits per heavy atom. The van der Waals surface area contributed by atoms with Crippen LogP contribution in [0, 0.1) is 6.92 Å². The molecule has 1 fully saturated rings. The van der Waals surface area contributed by atoms with Crippen LogP contribution in [0.5, 0.6) is 0 Å². The van der Waals surface area contributed by atoms with Gasteiger partial charge < -0.3 is 5.73 Å². The van der Waals surface area contributed by atoms with Gasteiger partial charge >= 0.3 is 0 Å². The molecular formula is C16H23Cl2N3S. The standard InChI is InChI=1S/C16H21N3S.2ClH/c1-12-11-20-16(18-12)14-5-3-7-19(10-14)9-13-4-2-6-15(17)8-13;;/h2,4,6,8,11,14H,3,5,7,9-10,17H2,1H3;2*1H. The largest absolute Gasteiger partial charge is 0.399 e. The maximum Gasteiger partial charge on any atom is 0.0971 e. The molecule has 3 nitrogen and oxygen atoms in total. The summed E-state index contributed by atoms with van der Waals surface area (Å²) in [5.41, 5.74) is 9.17. The first-order valence-corrected chi connectivity index (χ1v) is 8.07. The second kappa shape index (κ2) is 8.73. The molecular weight excluding hydrogens is 337 g/mol. The number of nitrogens with zero attached hydrogens (tertiary/aromatic N) is 2. The molecule has 1 aromatic heterocycles. The fourth-order valence-electron chi connectivity index (χ4n) is 2.91. The fraction of sp³-hybridized carbons (Fsp3) is 0.438. The highest BCUT2D eigenvalue weighted by Crippen LogP contribution is 2.29. The van der Waals surface area contributed by atoms with Crippen LogP contribution in [-0.2, 0) is 6.54 Å². The summed E-state index contributed by atoms with van der Waals surface area (Å²) in [7, 11) is 0. The molecule has 1 atom stereocenters. The molecule has 22 heavy (non-hydrogen) atoms. The van der Waals surface area contributed by atoms with Crippen LogP contribution in [0.15, 0.2) is 29.6 Å². The molecule has 2 N–H and O–H groups in total. The van der Waals surface area contributed by atoms with Crippen molar-refractivity contribution in [1.82, 2.24) is 9.88 Å². The van der Waals surface area contributed by atoms with E-state index < -0.39 is 0 Å². The quantitative estimate of drug-likeness (QED) is 0.832. The first-order valence-electron chi connectivity index (χ1n) is 7.19. The van der Waals surface area contributed by atoms with Gasteiger partial charge in [-0.25, -0.2) is 4.98 Å². The van der Waals surface area contributed by atoms with Gasteiger partial charge in [-0.15, -0.1) is 36.2 Å². The Morgan fingerprint density at radius 1 is 1.36 bits per heavy atom. The lowest BCUT2D eigenvalue weighted by molar-refractivity contribution is 0.200. The Labute approximate surface area is 148 Å². The highest BCUT2D eigenvalue weighted by molar-refractivity contribution is 7.09. The average Bonchev–Trinajstić information content (AvgIpc) is 2.86. The third kappa shape index (κ3) is 4.85. The SMILES string of the molecule is Cc1csc(C2CCCN(Cc3cccc(N)c3)C2)n1.Cl.Cl. The molecule has 2 aromatic rings. The third-order valence-corrected chi connectivity index (χ3v) is 4.97. The van der Waals surface area contributed by atoms with Gasteiger partial charge in [0, 0.05) is 35.8 Å². The Balaban J connectivity index is 0.00000121. The first-order chi connectivity index (χ1) is 9.70. The van der Waals surface area contributed by atoms with Crippen LogP contribution < -0.4 is 5.73 Å². The van der Waals surface area contributed by atoms with Crippen LogP contribution in [-0.4, -0.2) is 23.0 Å². The number of hydrogen-bond acceptors (Lipinski definition) is 4. The monoisotopic (exact) mass is 359 g/mol. The summed E-state index contributed by atoms with van der Waals surface area (Å²) in [5.74, 6) is 0.600. The van der Waals surface area contributed by atoms with E-state index in [0.29, 0.717) is 5.92 Å². The number of hydrogen-bond donors (Lipinski definition) is 1. The highest BCUT2D eigenvalue weighted by Gasteiger charge is 2.23. The molecule has 1 aliphatic rings. The normalized spacial score (nSPS) is 18.3. The molecule has 0 spiro atoms. The van der Waals surface area contributed by atoms with Crippen molar-refractivity contribution < 1.29 is 0 Å². The highest BCUT2D eigenvalue weighted by atomic mass is 35.5. The molecule has 1 saturated heterocycles. The second-order valence-corrected chi connectivity index (χ2v) is 6.54. The first kappa shape index (κ1) is 19.2. The number of likely N-dealkylation sites (tertiary alicyclic amines) is 1. The van der Waals surface area contributed by atoms with Crippen LogP contribution in [0.3, 0.4) is 0 Å². The number of thiazole rings is 1. The molecule has 6 heteroatoms. The maximum absolute atomic E-state index is 5.86. The van der Waals surface area contributed by atoms with E-state index in [-0.39, 0.29) is 24.8 Å². The summed E-state index contributed by atoms with van der Waals surface area (Å²) in [5, 5.41) is 3.46. The van der Waals surface area contributed by atoms with Crippen LogP contribution >= 0.6 is 36.2 Å². The molecule has 0 bridgehead atoms. The Bertz CT molecular complexity index is 588. The third-order valence-electron chi connectivity index (χ3n) is 3.85. The summed E-state index contributed by atoms with van der Waals surface area (Å²) < 4.78 is 0. The predicted octanol–water partition coefficient (Wildman–Crippen LogP) is 4.26. The topological polar surface area (TPSA) is 42.1 Å². The van der Waals surface area contributed by atoms with Crippen LogP contribution in [0.4, 0.5) is 5.69 Å². The fourth-order valence-corrected chi connectivity index (χ4v) is 3.84. The molecule has 1 aromatic carbocycles. The zero-order valence-corrected chi connectivity index (χ0v) is 15.1. The van der Waals surface area contributed by atoms with Crippen molar-refractivity contribution in [3.63, 3.8) is 0 Å². The lowest BCUT2D eigenvalue weighted by Gasteiger charge is -2.31. The predicted molar refractivity (Wildman–Crippen MR) is 99.5 cm³/mol. The molecule has 1 aliphatic heterocycles. The van der Waals surface area contributed by atoms with Gasteiger partial charge in [0.1, 0.15) is 0 Å². The van der Waals surface area contributed by atoms with Gasteiger partial charge in [-0.3, -0.25) is 4.90 Å². The van der Waals surface area contributed by atoms with Crippen molar-refractivity contribution in [3.8, 4) is 0 Å². The number of nitrogens with two attached hydrogens (primary N) is 1. The van der Waals surface area contributed by atoms with Crippen LogP contribution in [0.2, 0.25) is 0 Å². The zero-order valence-electron chi connectivity index (χ0n) is 12.7. The minimum Gasteiger partial charge on any atom is -0.399 e. The second-order valence-electron chi connectivity index (χ2n) is 5.65. The number of benzene rings is 1. The molecule has 0 aliphatic carbocycles. The van der Waals surface area contributed by atoms with E-state index in [9.17, 15) is 0 Å². The van der Waals surface area contributed by atoms with Crippen molar-refractivity contribution in [2.45, 2.75) is 32.2 Å². The van der Waals surface area contributed by atoms with Crippen molar-refractivity contribution in [2.24, 2.45) is 0 Å².